The van der Waals surface area contributed by atoms with Crippen LogP contribution < -0.4 is 15.5 Å². The third-order valence-electron chi connectivity index (χ3n) is 6.82. The average Bonchev–Trinajstić information content (AvgIpc) is 2.83. The number of unbranched alkanes of at least 4 members (excludes halogenated alkanes) is 15. The van der Waals surface area contributed by atoms with Crippen molar-refractivity contribution in [3.63, 3.8) is 0 Å². The van der Waals surface area contributed by atoms with Gasteiger partial charge in [-0.2, -0.15) is 0 Å². The van der Waals surface area contributed by atoms with Crippen LogP contribution >= 0.6 is 37.2 Å². The summed E-state index contributed by atoms with van der Waals surface area (Å²) in [6.07, 6.45) is 24.7. The van der Waals surface area contributed by atoms with E-state index in [1.807, 2.05) is 17.8 Å². The van der Waals surface area contributed by atoms with E-state index >= 15 is 0 Å². The number of halogens is 3. The summed E-state index contributed by atoms with van der Waals surface area (Å²) in [7, 11) is 6.16. The summed E-state index contributed by atoms with van der Waals surface area (Å²) in [4.78, 5) is 14.6. The van der Waals surface area contributed by atoms with E-state index in [9.17, 15) is 4.79 Å². The summed E-state index contributed by atoms with van der Waals surface area (Å²) in [5.41, 5.74) is 0.985. The monoisotopic (exact) mass is 599 g/mol. The minimum Gasteiger partial charge on any atom is -0.488 e. The number of aryl methyl sites for hydroxylation is 1. The predicted molar refractivity (Wildman–Crippen MR) is 173 cm³/mol. The van der Waals surface area contributed by atoms with Gasteiger partial charge in [0.1, 0.15) is 0 Å². The van der Waals surface area contributed by atoms with Crippen LogP contribution in [0.2, 0.25) is 0 Å². The van der Waals surface area contributed by atoms with E-state index in [0.717, 1.165) is 31.6 Å². The summed E-state index contributed by atoms with van der Waals surface area (Å²) in [6, 6.07) is 1.71. The Labute approximate surface area is 253 Å². The number of nitrogens with zero attached hydrogens (tertiary/aromatic N) is 2. The zero-order chi connectivity index (χ0) is 25.6. The largest absolute Gasteiger partial charge is 0.488 e. The summed E-state index contributed by atoms with van der Waals surface area (Å²) < 4.78 is 7.81. The third kappa shape index (κ3) is 23.4. The quantitative estimate of drug-likeness (QED) is 0.121. The van der Waals surface area contributed by atoms with E-state index in [1.165, 1.54) is 96.3 Å². The molecule has 0 saturated carbocycles. The Morgan fingerprint density at radius 1 is 0.763 bits per heavy atom. The lowest BCUT2D eigenvalue weighted by Crippen LogP contribution is -2.23. The maximum absolute atomic E-state index is 12.4. The molecule has 8 heteroatoms. The molecule has 0 aromatic carbocycles. The van der Waals surface area contributed by atoms with E-state index < -0.39 is 0 Å². The first-order valence-corrected chi connectivity index (χ1v) is 14.7. The molecule has 0 atom stereocenters. The Morgan fingerprint density at radius 3 is 1.71 bits per heavy atom. The van der Waals surface area contributed by atoms with Gasteiger partial charge < -0.3 is 19.5 Å². The lowest BCUT2D eigenvalue weighted by atomic mass is 10.0. The Morgan fingerprint density at radius 2 is 1.24 bits per heavy atom. The fourth-order valence-electron chi connectivity index (χ4n) is 4.50. The topological polar surface area (TPSA) is 46.5 Å². The molecule has 0 aliphatic carbocycles. The zero-order valence-corrected chi connectivity index (χ0v) is 27.4. The Bertz CT molecular complexity index is 687. The minimum absolute atomic E-state index is 0. The molecular weight excluding hydrogens is 541 g/mol. The van der Waals surface area contributed by atoms with Gasteiger partial charge >= 0.3 is 0 Å². The van der Waals surface area contributed by atoms with Gasteiger partial charge in [0.05, 0.1) is 12.8 Å². The van der Waals surface area contributed by atoms with Crippen molar-refractivity contribution in [2.24, 2.45) is 7.05 Å². The average molecular weight is 601 g/mol. The first-order chi connectivity index (χ1) is 17.0. The minimum atomic E-state index is -0.00955. The summed E-state index contributed by atoms with van der Waals surface area (Å²) in [5.74, 6) is 0.477. The first-order valence-electron chi connectivity index (χ1n) is 14.7. The van der Waals surface area contributed by atoms with Gasteiger partial charge in [-0.25, -0.2) is 0 Å². The highest BCUT2D eigenvalue weighted by atomic mass is 35.5. The molecule has 0 bridgehead atoms. The molecule has 0 fully saturated rings. The zero-order valence-electron chi connectivity index (χ0n) is 24.9. The molecular formula is C30H60Cl3N3O2. The van der Waals surface area contributed by atoms with Crippen LogP contribution in [0.3, 0.4) is 0 Å². The van der Waals surface area contributed by atoms with Crippen molar-refractivity contribution in [2.75, 3.05) is 33.8 Å². The smallest absolute Gasteiger partial charge is 0.223 e. The number of ether oxygens (including phenoxy) is 1. The van der Waals surface area contributed by atoms with Crippen LogP contribution in [-0.2, 0) is 13.6 Å². The van der Waals surface area contributed by atoms with Gasteiger partial charge in [0.25, 0.3) is 0 Å². The van der Waals surface area contributed by atoms with E-state index in [2.05, 4.69) is 31.2 Å². The highest BCUT2D eigenvalue weighted by Crippen LogP contribution is 2.14. The predicted octanol–water partition coefficient (Wildman–Crippen LogP) is 8.33. The molecule has 1 aromatic rings. The number of rotatable bonds is 24. The number of pyridine rings is 1. The molecule has 0 amide bonds. The number of hydrogen-bond acceptors (Lipinski definition) is 4. The second-order valence-corrected chi connectivity index (χ2v) is 10.6. The van der Waals surface area contributed by atoms with E-state index in [4.69, 9.17) is 4.74 Å². The Hall–Kier alpha value is -0.460. The van der Waals surface area contributed by atoms with Crippen LogP contribution in [0.5, 0.6) is 5.75 Å². The van der Waals surface area contributed by atoms with E-state index in [1.54, 1.807) is 6.07 Å². The molecule has 228 valence electrons. The fourth-order valence-corrected chi connectivity index (χ4v) is 4.50. The number of aromatic nitrogens is 1. The van der Waals surface area contributed by atoms with Crippen LogP contribution in [0.4, 0.5) is 0 Å². The van der Waals surface area contributed by atoms with Gasteiger partial charge in [0, 0.05) is 25.4 Å². The first kappa shape index (κ1) is 42.0. The van der Waals surface area contributed by atoms with Gasteiger partial charge in [-0.3, -0.25) is 4.79 Å². The molecule has 0 saturated heterocycles. The second kappa shape index (κ2) is 29.5. The maximum atomic E-state index is 12.4. The van der Waals surface area contributed by atoms with Crippen LogP contribution in [0.15, 0.2) is 17.1 Å². The van der Waals surface area contributed by atoms with Crippen LogP contribution in [0.1, 0.15) is 122 Å². The normalized spacial score (nSPS) is 10.6. The molecule has 0 aliphatic heterocycles. The van der Waals surface area contributed by atoms with Crippen molar-refractivity contribution < 1.29 is 4.74 Å². The molecule has 1 heterocycles. The molecule has 38 heavy (non-hydrogen) atoms. The molecule has 0 aliphatic rings. The van der Waals surface area contributed by atoms with Crippen molar-refractivity contribution in [3.8, 4) is 5.75 Å². The Balaban J connectivity index is -0.00000408. The van der Waals surface area contributed by atoms with Crippen molar-refractivity contribution >= 4 is 37.2 Å². The Kier molecular flexibility index (Phi) is 32.6. The van der Waals surface area contributed by atoms with Gasteiger partial charge in [-0.1, -0.05) is 103 Å². The molecule has 1 N–H and O–H groups in total. The highest BCUT2D eigenvalue weighted by molar-refractivity contribution is 5.86. The van der Waals surface area contributed by atoms with Crippen molar-refractivity contribution in [1.29, 1.82) is 0 Å². The molecule has 1 aromatic heterocycles. The summed E-state index contributed by atoms with van der Waals surface area (Å²) in [5, 5.41) is 3.42. The highest BCUT2D eigenvalue weighted by Gasteiger charge is 2.06. The van der Waals surface area contributed by atoms with Gasteiger partial charge in [0.2, 0.25) is 5.43 Å². The SMILES string of the molecule is CCCCCCCCCCCCCCCCCCOc1cn(C)c(CNCCCN(C)C)cc1=O.Cl.Cl.Cl. The van der Waals surface area contributed by atoms with Crippen LogP contribution in [-0.4, -0.2) is 43.3 Å². The van der Waals surface area contributed by atoms with E-state index in [0.29, 0.717) is 18.9 Å². The molecule has 0 unspecified atom stereocenters. The lowest BCUT2D eigenvalue weighted by molar-refractivity contribution is 0.299. The number of nitrogens with one attached hydrogen (secondary N) is 1. The van der Waals surface area contributed by atoms with Crippen LogP contribution in [0, 0.1) is 0 Å². The van der Waals surface area contributed by atoms with Gasteiger partial charge in [-0.05, 0) is 40.0 Å². The molecule has 1 rings (SSSR count). The van der Waals surface area contributed by atoms with Gasteiger partial charge in [-0.15, -0.1) is 37.2 Å². The summed E-state index contributed by atoms with van der Waals surface area (Å²) >= 11 is 0. The fraction of sp³-hybridized carbons (Fsp3) is 0.833. The number of hydrogen-bond donors (Lipinski definition) is 1. The summed E-state index contributed by atoms with van der Waals surface area (Å²) in [6.45, 7) is 5.64. The van der Waals surface area contributed by atoms with Gasteiger partial charge in [0.15, 0.2) is 5.75 Å². The van der Waals surface area contributed by atoms with Crippen molar-refractivity contribution in [2.45, 2.75) is 123 Å². The van der Waals surface area contributed by atoms with Crippen molar-refractivity contribution in [3.05, 3.63) is 28.2 Å². The van der Waals surface area contributed by atoms with E-state index in [-0.39, 0.29) is 42.6 Å². The molecule has 0 spiro atoms. The lowest BCUT2D eigenvalue weighted by Gasteiger charge is -2.13. The maximum Gasteiger partial charge on any atom is 0.223 e. The molecule has 5 nitrogen and oxygen atoms in total. The van der Waals surface area contributed by atoms with Crippen LogP contribution in [0.25, 0.3) is 0 Å². The third-order valence-corrected chi connectivity index (χ3v) is 6.82. The second-order valence-electron chi connectivity index (χ2n) is 10.6. The molecule has 0 radical (unpaired) electrons. The van der Waals surface area contributed by atoms with Crippen molar-refractivity contribution in [1.82, 2.24) is 14.8 Å². The standard InChI is InChI=1S/C30H57N3O2.3ClH/c1-5-6-7-8-9-10-11-12-13-14-15-16-17-18-19-20-24-35-30-27-33(4)28(25-29(30)34)26-31-22-21-23-32(2)3;;;/h25,27,31H,5-24,26H2,1-4H3;3*1H.